The fourth-order valence-electron chi connectivity index (χ4n) is 3.96. The molecule has 0 spiro atoms. The maximum Gasteiger partial charge on any atom is 0.323 e. The van der Waals surface area contributed by atoms with Crippen LogP contribution < -0.4 is 5.32 Å². The number of hydrogen-bond donors (Lipinski definition) is 2. The number of piperidine rings is 1. The number of aromatic amines is 1. The fourth-order valence-corrected chi connectivity index (χ4v) is 5.06. The van der Waals surface area contributed by atoms with Crippen LogP contribution in [0, 0.1) is 5.82 Å². The molecule has 1 aromatic carbocycles. The number of amides is 2. The van der Waals surface area contributed by atoms with Crippen molar-refractivity contribution in [1.82, 2.24) is 25.1 Å². The molecule has 3 aromatic heterocycles. The molecule has 0 saturated carbocycles. The van der Waals surface area contributed by atoms with Gasteiger partial charge < -0.3 is 9.88 Å². The number of urea groups is 1. The summed E-state index contributed by atoms with van der Waals surface area (Å²) in [4.78, 5) is 22.0. The Morgan fingerprint density at radius 1 is 1.23 bits per heavy atom. The number of benzene rings is 1. The van der Waals surface area contributed by atoms with E-state index in [1.807, 2.05) is 12.3 Å². The molecule has 2 N–H and O–H groups in total. The number of anilines is 1. The summed E-state index contributed by atoms with van der Waals surface area (Å²) in [7, 11) is 0. The zero-order valence-electron chi connectivity index (χ0n) is 16.3. The van der Waals surface area contributed by atoms with Crippen molar-refractivity contribution in [3.8, 4) is 10.6 Å². The van der Waals surface area contributed by atoms with Crippen LogP contribution in [0.5, 0.6) is 0 Å². The first-order chi connectivity index (χ1) is 15.1. The highest BCUT2D eigenvalue weighted by atomic mass is 35.5. The van der Waals surface area contributed by atoms with Gasteiger partial charge in [-0.05, 0) is 48.6 Å². The smallest absolute Gasteiger partial charge is 0.323 e. The van der Waals surface area contributed by atoms with Crippen molar-refractivity contribution < 1.29 is 9.18 Å². The highest BCUT2D eigenvalue weighted by Crippen LogP contribution is 2.35. The molecule has 1 aliphatic heterocycles. The van der Waals surface area contributed by atoms with Gasteiger partial charge in [-0.1, -0.05) is 29.0 Å². The first kappa shape index (κ1) is 19.9. The number of H-pyrrole nitrogens is 1. The average Bonchev–Trinajstić information content (AvgIpc) is 3.41. The zero-order valence-corrected chi connectivity index (χ0v) is 17.9. The summed E-state index contributed by atoms with van der Waals surface area (Å²) >= 11 is 7.18. The van der Waals surface area contributed by atoms with Crippen molar-refractivity contribution in [3.05, 3.63) is 59.1 Å². The van der Waals surface area contributed by atoms with Crippen molar-refractivity contribution in [3.63, 3.8) is 0 Å². The van der Waals surface area contributed by atoms with E-state index in [4.69, 9.17) is 11.6 Å². The quantitative estimate of drug-likeness (QED) is 0.438. The van der Waals surface area contributed by atoms with Crippen molar-refractivity contribution in [2.45, 2.75) is 18.8 Å². The van der Waals surface area contributed by atoms with Crippen LogP contribution in [-0.2, 0) is 0 Å². The zero-order chi connectivity index (χ0) is 21.4. The normalized spacial score (nSPS) is 14.8. The fraction of sp³-hybridized carbons (Fsp3) is 0.238. The number of aromatic nitrogens is 4. The topological polar surface area (TPSA) is 86.8 Å². The summed E-state index contributed by atoms with van der Waals surface area (Å²) in [6.07, 6.45) is 5.52. The number of pyridine rings is 1. The van der Waals surface area contributed by atoms with Crippen LogP contribution in [0.15, 0.2) is 42.7 Å². The largest absolute Gasteiger partial charge is 0.346 e. The first-order valence-electron chi connectivity index (χ1n) is 9.86. The molecule has 10 heteroatoms. The molecule has 0 unspecified atom stereocenters. The molecule has 0 atom stereocenters. The number of carbonyl (C=O) groups excluding carboxylic acids is 1. The van der Waals surface area contributed by atoms with Gasteiger partial charge in [0.2, 0.25) is 5.13 Å². The molecule has 1 saturated heterocycles. The highest BCUT2D eigenvalue weighted by molar-refractivity contribution is 7.18. The summed E-state index contributed by atoms with van der Waals surface area (Å²) in [6, 6.07) is 8.21. The monoisotopic (exact) mass is 456 g/mol. The number of fused-ring (bicyclic) bond motifs is 1. The minimum absolute atomic E-state index is 0.191. The average molecular weight is 457 g/mol. The summed E-state index contributed by atoms with van der Waals surface area (Å²) in [5.41, 5.74) is 2.33. The van der Waals surface area contributed by atoms with E-state index < -0.39 is 5.82 Å². The Morgan fingerprint density at radius 2 is 2.06 bits per heavy atom. The second kappa shape index (κ2) is 8.24. The van der Waals surface area contributed by atoms with E-state index in [0.29, 0.717) is 29.1 Å². The number of halogens is 2. The second-order valence-electron chi connectivity index (χ2n) is 7.34. The first-order valence-corrected chi connectivity index (χ1v) is 11.1. The number of rotatable bonds is 3. The molecule has 7 nitrogen and oxygen atoms in total. The molecule has 4 aromatic rings. The Hall–Kier alpha value is -3.04. The van der Waals surface area contributed by atoms with Crippen molar-refractivity contribution in [2.24, 2.45) is 0 Å². The van der Waals surface area contributed by atoms with Crippen LogP contribution in [-0.4, -0.2) is 44.2 Å². The predicted molar refractivity (Wildman–Crippen MR) is 119 cm³/mol. The standard InChI is InChI=1S/C21H18ClFN6OS/c22-15-4-1-5-16(23)17(15)19-27-28-20(31-19)26-21(30)29-9-6-12(7-10-29)14-11-25-18-13(14)3-2-8-24-18/h1-5,8,11-12H,6-7,9-10H2,(H,24,25)(H,26,28,30). The third-order valence-corrected chi connectivity index (χ3v) is 6.69. The van der Waals surface area contributed by atoms with Gasteiger partial charge >= 0.3 is 6.03 Å². The number of likely N-dealkylation sites (tertiary alicyclic amines) is 1. The lowest BCUT2D eigenvalue weighted by Crippen LogP contribution is -2.40. The Bertz CT molecular complexity index is 1230. The molecule has 0 aliphatic carbocycles. The summed E-state index contributed by atoms with van der Waals surface area (Å²) in [5, 5.41) is 12.7. The van der Waals surface area contributed by atoms with Gasteiger partial charge in [-0.15, -0.1) is 10.2 Å². The van der Waals surface area contributed by atoms with Gasteiger partial charge in [-0.3, -0.25) is 5.32 Å². The Kier molecular flexibility index (Phi) is 5.29. The lowest BCUT2D eigenvalue weighted by Gasteiger charge is -2.31. The van der Waals surface area contributed by atoms with Gasteiger partial charge in [0.15, 0.2) is 5.01 Å². The van der Waals surface area contributed by atoms with Gasteiger partial charge in [0, 0.05) is 30.9 Å². The summed E-state index contributed by atoms with van der Waals surface area (Å²) in [5.74, 6) is -0.102. The molecule has 0 bridgehead atoms. The van der Waals surface area contributed by atoms with E-state index in [1.54, 1.807) is 17.2 Å². The Morgan fingerprint density at radius 3 is 2.87 bits per heavy atom. The van der Waals surface area contributed by atoms with Gasteiger partial charge in [0.1, 0.15) is 11.5 Å². The minimum Gasteiger partial charge on any atom is -0.346 e. The molecular formula is C21H18ClFN6OS. The summed E-state index contributed by atoms with van der Waals surface area (Å²) < 4.78 is 14.1. The predicted octanol–water partition coefficient (Wildman–Crippen LogP) is 5.29. The number of hydrogen-bond acceptors (Lipinski definition) is 5. The molecular weight excluding hydrogens is 439 g/mol. The molecule has 158 valence electrons. The molecule has 5 rings (SSSR count). The van der Waals surface area contributed by atoms with Crippen molar-refractivity contribution in [1.29, 1.82) is 0 Å². The van der Waals surface area contributed by atoms with Crippen LogP contribution in [0.4, 0.5) is 14.3 Å². The third-order valence-electron chi connectivity index (χ3n) is 5.52. The van der Waals surface area contributed by atoms with Gasteiger partial charge in [0.25, 0.3) is 0 Å². The Labute approximate surface area is 186 Å². The third kappa shape index (κ3) is 3.86. The molecule has 31 heavy (non-hydrogen) atoms. The van der Waals surface area contributed by atoms with Crippen LogP contribution in [0.3, 0.4) is 0 Å². The molecule has 2 amide bonds. The number of carbonyl (C=O) groups is 1. The second-order valence-corrected chi connectivity index (χ2v) is 8.73. The lowest BCUT2D eigenvalue weighted by atomic mass is 9.89. The SMILES string of the molecule is O=C(Nc1nnc(-c2c(F)cccc2Cl)s1)N1CCC(c2c[nH]c3ncccc23)CC1. The van der Waals surface area contributed by atoms with Crippen LogP contribution in [0.2, 0.25) is 5.02 Å². The van der Waals surface area contributed by atoms with E-state index in [9.17, 15) is 9.18 Å². The van der Waals surface area contributed by atoms with Gasteiger partial charge in [0.05, 0.1) is 10.6 Å². The van der Waals surface area contributed by atoms with E-state index in [2.05, 4.69) is 31.5 Å². The molecule has 1 fully saturated rings. The van der Waals surface area contributed by atoms with E-state index in [1.165, 1.54) is 17.7 Å². The van der Waals surface area contributed by atoms with Crippen LogP contribution >= 0.6 is 22.9 Å². The number of nitrogens with one attached hydrogen (secondary N) is 2. The van der Waals surface area contributed by atoms with Gasteiger partial charge in [-0.25, -0.2) is 14.2 Å². The van der Waals surface area contributed by atoms with E-state index >= 15 is 0 Å². The minimum atomic E-state index is -0.476. The summed E-state index contributed by atoms with van der Waals surface area (Å²) in [6.45, 7) is 1.27. The lowest BCUT2D eigenvalue weighted by molar-refractivity contribution is 0.194. The van der Waals surface area contributed by atoms with E-state index in [-0.39, 0.29) is 16.6 Å². The maximum atomic E-state index is 14.1. The van der Waals surface area contributed by atoms with E-state index in [0.717, 1.165) is 35.2 Å². The van der Waals surface area contributed by atoms with Crippen molar-refractivity contribution >= 4 is 45.1 Å². The number of nitrogens with zero attached hydrogens (tertiary/aromatic N) is 4. The molecule has 0 radical (unpaired) electrons. The van der Waals surface area contributed by atoms with Gasteiger partial charge in [-0.2, -0.15) is 0 Å². The maximum absolute atomic E-state index is 14.1. The van der Waals surface area contributed by atoms with Crippen molar-refractivity contribution in [2.75, 3.05) is 18.4 Å². The molecule has 1 aliphatic rings. The van der Waals surface area contributed by atoms with Crippen LogP contribution in [0.25, 0.3) is 21.6 Å². The highest BCUT2D eigenvalue weighted by Gasteiger charge is 2.26. The van der Waals surface area contributed by atoms with Crippen LogP contribution in [0.1, 0.15) is 24.3 Å². The Balaban J connectivity index is 1.23. The molecule has 4 heterocycles.